The van der Waals surface area contributed by atoms with E-state index in [2.05, 4.69) is 0 Å². The molecule has 5 heteroatoms. The van der Waals surface area contributed by atoms with E-state index >= 15 is 0 Å². The summed E-state index contributed by atoms with van der Waals surface area (Å²) in [5.74, 6) is 0.180. The highest BCUT2D eigenvalue weighted by Crippen LogP contribution is 2.58. The highest BCUT2D eigenvalue weighted by Gasteiger charge is 2.40. The Morgan fingerprint density at radius 1 is 1.35 bits per heavy atom. The minimum Gasteiger partial charge on any atom is -0.312 e. The maximum Gasteiger partial charge on any atom is 0.337 e. The molecule has 1 aliphatic rings. The third-order valence-electron chi connectivity index (χ3n) is 3.31. The van der Waals surface area contributed by atoms with Crippen molar-refractivity contribution < 1.29 is 18.4 Å². The Balaban J connectivity index is 3.22. The van der Waals surface area contributed by atoms with E-state index in [1.54, 1.807) is 0 Å². The van der Waals surface area contributed by atoms with Gasteiger partial charge in [-0.3, -0.25) is 9.36 Å². The zero-order valence-electron chi connectivity index (χ0n) is 10.9. The Morgan fingerprint density at radius 2 is 1.94 bits per heavy atom. The lowest BCUT2D eigenvalue weighted by Crippen LogP contribution is -2.23. The van der Waals surface area contributed by atoms with Crippen molar-refractivity contribution in [1.82, 2.24) is 0 Å². The molecule has 1 atom stereocenters. The molecule has 0 aromatic rings. The van der Waals surface area contributed by atoms with E-state index in [-0.39, 0.29) is 11.6 Å². The van der Waals surface area contributed by atoms with Gasteiger partial charge in [0.2, 0.25) is 0 Å². The summed E-state index contributed by atoms with van der Waals surface area (Å²) in [6.45, 7) is 4.01. The molecule has 0 fully saturated rings. The van der Waals surface area contributed by atoms with Crippen LogP contribution in [0, 0.1) is 5.92 Å². The van der Waals surface area contributed by atoms with Crippen LogP contribution in [0.4, 0.5) is 0 Å². The Bertz CT molecular complexity index is 352. The first-order valence-corrected chi connectivity index (χ1v) is 7.50. The van der Waals surface area contributed by atoms with Crippen LogP contribution in [0.5, 0.6) is 0 Å². The normalized spacial score (nSPS) is 22.1. The fourth-order valence-electron chi connectivity index (χ4n) is 2.54. The summed E-state index contributed by atoms with van der Waals surface area (Å²) in [7, 11) is -0.333. The van der Waals surface area contributed by atoms with E-state index < -0.39 is 7.60 Å². The molecule has 0 radical (unpaired) electrons. The van der Waals surface area contributed by atoms with Crippen molar-refractivity contribution in [2.24, 2.45) is 5.92 Å². The fourth-order valence-corrected chi connectivity index (χ4v) is 4.50. The number of hydrogen-bond donors (Lipinski definition) is 0. The maximum absolute atomic E-state index is 12.5. The highest BCUT2D eigenvalue weighted by atomic mass is 31.2. The van der Waals surface area contributed by atoms with Crippen molar-refractivity contribution in [2.45, 2.75) is 38.8 Å². The zero-order chi connectivity index (χ0) is 13.1. The van der Waals surface area contributed by atoms with Crippen molar-refractivity contribution in [2.75, 3.05) is 14.2 Å². The maximum atomic E-state index is 12.5. The summed E-state index contributed by atoms with van der Waals surface area (Å²) in [6, 6.07) is 0. The molecule has 0 bridgehead atoms. The van der Waals surface area contributed by atoms with E-state index in [4.69, 9.17) is 9.05 Å². The highest BCUT2D eigenvalue weighted by molar-refractivity contribution is 7.54. The topological polar surface area (TPSA) is 52.6 Å². The van der Waals surface area contributed by atoms with Gasteiger partial charge in [-0.25, -0.2) is 0 Å². The van der Waals surface area contributed by atoms with Crippen LogP contribution in [0.1, 0.15) is 33.1 Å². The van der Waals surface area contributed by atoms with Crippen LogP contribution >= 0.6 is 7.60 Å². The molecule has 0 amide bonds. The van der Waals surface area contributed by atoms with Crippen LogP contribution in [0.3, 0.4) is 0 Å². The summed E-state index contributed by atoms with van der Waals surface area (Å²) >= 11 is 0. The molecule has 0 aromatic heterocycles. The number of hydrogen-bond acceptors (Lipinski definition) is 4. The van der Waals surface area contributed by atoms with Crippen molar-refractivity contribution in [3.05, 3.63) is 11.1 Å². The molecule has 1 aliphatic carbocycles. The summed E-state index contributed by atoms with van der Waals surface area (Å²) in [4.78, 5) is 11.1. The van der Waals surface area contributed by atoms with Gasteiger partial charge in [-0.05, 0) is 36.3 Å². The third kappa shape index (κ3) is 2.87. The van der Waals surface area contributed by atoms with E-state index in [1.165, 1.54) is 14.2 Å². The Labute approximate surface area is 103 Å². The average molecular weight is 260 g/mol. The lowest BCUT2D eigenvalue weighted by Gasteiger charge is -2.33. The Hall–Kier alpha value is -0.440. The third-order valence-corrected chi connectivity index (χ3v) is 5.63. The van der Waals surface area contributed by atoms with E-state index in [9.17, 15) is 9.36 Å². The molecule has 0 saturated carbocycles. The lowest BCUT2D eigenvalue weighted by atomic mass is 9.85. The summed E-state index contributed by atoms with van der Waals surface area (Å²) in [5, 5.41) is 0. The number of allylic oxidation sites excluding steroid dienone is 2. The Morgan fingerprint density at radius 3 is 2.35 bits per heavy atom. The predicted molar refractivity (Wildman–Crippen MR) is 67.2 cm³/mol. The van der Waals surface area contributed by atoms with E-state index in [0.717, 1.165) is 36.7 Å². The molecular formula is C12H21O4P. The van der Waals surface area contributed by atoms with Crippen LogP contribution in [0.15, 0.2) is 11.1 Å². The number of carbonyl (C=O) groups excluding carboxylic acids is 1. The number of carbonyl (C=O) groups is 1. The molecule has 0 heterocycles. The largest absolute Gasteiger partial charge is 0.337 e. The predicted octanol–water partition coefficient (Wildman–Crippen LogP) is 3.18. The van der Waals surface area contributed by atoms with E-state index in [0.29, 0.717) is 0 Å². The second kappa shape index (κ2) is 5.94. The Kier molecular flexibility index (Phi) is 5.11. The minimum atomic E-state index is -3.13. The molecule has 1 unspecified atom stereocenters. The first kappa shape index (κ1) is 14.6. The van der Waals surface area contributed by atoms with Gasteiger partial charge in [0.1, 0.15) is 6.29 Å². The molecule has 0 spiro atoms. The molecule has 0 N–H and O–H groups in total. The van der Waals surface area contributed by atoms with Gasteiger partial charge < -0.3 is 9.05 Å². The summed E-state index contributed by atoms with van der Waals surface area (Å²) < 4.78 is 22.7. The summed E-state index contributed by atoms with van der Waals surface area (Å²) in [5.41, 5.74) is 1.44. The van der Waals surface area contributed by atoms with E-state index in [1.807, 2.05) is 13.8 Å². The first-order chi connectivity index (χ1) is 8.00. The van der Waals surface area contributed by atoms with Gasteiger partial charge in [-0.1, -0.05) is 13.8 Å². The van der Waals surface area contributed by atoms with Gasteiger partial charge in [-0.15, -0.1) is 0 Å². The fraction of sp³-hybridized carbons (Fsp3) is 0.750. The molecule has 0 aromatic carbocycles. The van der Waals surface area contributed by atoms with Crippen LogP contribution in [-0.4, -0.2) is 26.2 Å². The van der Waals surface area contributed by atoms with Crippen LogP contribution in [-0.2, 0) is 18.4 Å². The van der Waals surface area contributed by atoms with Crippen LogP contribution < -0.4 is 0 Å². The van der Waals surface area contributed by atoms with Crippen molar-refractivity contribution in [1.29, 1.82) is 0 Å². The monoisotopic (exact) mass is 260 g/mol. The number of rotatable bonds is 5. The van der Waals surface area contributed by atoms with Gasteiger partial charge in [0.15, 0.2) is 0 Å². The first-order valence-electron chi connectivity index (χ1n) is 5.89. The van der Waals surface area contributed by atoms with Gasteiger partial charge in [0.25, 0.3) is 0 Å². The zero-order valence-corrected chi connectivity index (χ0v) is 11.8. The molecule has 98 valence electrons. The quantitative estimate of drug-likeness (QED) is 0.562. The molecule has 17 heavy (non-hydrogen) atoms. The minimum absolute atomic E-state index is 0.180. The van der Waals surface area contributed by atoms with Gasteiger partial charge >= 0.3 is 7.60 Å². The van der Waals surface area contributed by atoms with Crippen molar-refractivity contribution in [3.63, 3.8) is 0 Å². The van der Waals surface area contributed by atoms with Crippen LogP contribution in [0.25, 0.3) is 0 Å². The molecule has 0 saturated heterocycles. The van der Waals surface area contributed by atoms with Crippen LogP contribution in [0.2, 0.25) is 0 Å². The number of aldehydes is 1. The van der Waals surface area contributed by atoms with Gasteiger partial charge in [-0.2, -0.15) is 0 Å². The van der Waals surface area contributed by atoms with Crippen molar-refractivity contribution >= 4 is 13.9 Å². The molecule has 1 rings (SSSR count). The average Bonchev–Trinajstić information content (AvgIpc) is 2.36. The second-order valence-electron chi connectivity index (χ2n) is 4.57. The molecular weight excluding hydrogens is 239 g/mol. The smallest absolute Gasteiger partial charge is 0.312 e. The van der Waals surface area contributed by atoms with Crippen molar-refractivity contribution in [3.8, 4) is 0 Å². The second-order valence-corrected chi connectivity index (χ2v) is 7.00. The standard InChI is InChI=1S/C12H21O4P/c1-9(2)12-10(8-13)6-5-7-11(12)17(14,15-3)16-4/h8-9,11H,5-7H2,1-4H3. The lowest BCUT2D eigenvalue weighted by molar-refractivity contribution is -0.105. The summed E-state index contributed by atoms with van der Waals surface area (Å²) in [6.07, 6.45) is 3.26. The molecule has 0 aliphatic heterocycles. The SMILES string of the molecule is COP(=O)(OC)C1CCCC(C=O)=C1C(C)C. The van der Waals surface area contributed by atoms with Gasteiger partial charge in [0, 0.05) is 14.2 Å². The van der Waals surface area contributed by atoms with Gasteiger partial charge in [0.05, 0.1) is 5.66 Å². The molecule has 4 nitrogen and oxygen atoms in total.